The van der Waals surface area contributed by atoms with Crippen LogP contribution in [-0.2, 0) is 9.59 Å². The molecule has 3 rings (SSSR count). The molecule has 0 aliphatic carbocycles. The summed E-state index contributed by atoms with van der Waals surface area (Å²) in [7, 11) is 0. The average molecular weight is 385 g/mol. The molecular formula is C19H17BrN2O2. The molecule has 2 amide bonds. The predicted molar refractivity (Wildman–Crippen MR) is 99.8 cm³/mol. The Morgan fingerprint density at radius 3 is 2.62 bits per heavy atom. The molecule has 0 atom stereocenters. The van der Waals surface area contributed by atoms with Crippen LogP contribution in [0.4, 0.5) is 11.4 Å². The Labute approximate surface area is 149 Å². The van der Waals surface area contributed by atoms with Crippen LogP contribution in [-0.4, -0.2) is 18.4 Å². The van der Waals surface area contributed by atoms with Gasteiger partial charge in [-0.25, -0.2) is 0 Å². The largest absolute Gasteiger partial charge is 0.323 e. The topological polar surface area (TPSA) is 49.4 Å². The van der Waals surface area contributed by atoms with E-state index in [0.29, 0.717) is 12.1 Å². The quantitative estimate of drug-likeness (QED) is 0.801. The second-order valence-electron chi connectivity index (χ2n) is 5.57. The van der Waals surface area contributed by atoms with E-state index in [2.05, 4.69) is 21.2 Å². The first kappa shape index (κ1) is 16.5. The molecule has 1 heterocycles. The van der Waals surface area contributed by atoms with Gasteiger partial charge in [0, 0.05) is 34.9 Å². The maximum absolute atomic E-state index is 12.0. The van der Waals surface area contributed by atoms with Crippen molar-refractivity contribution in [3.05, 3.63) is 64.6 Å². The lowest BCUT2D eigenvalue weighted by atomic mass is 10.2. The fraction of sp³-hybridized carbons (Fsp3) is 0.158. The first-order valence-electron chi connectivity index (χ1n) is 7.77. The molecular weight excluding hydrogens is 368 g/mol. The Balaban J connectivity index is 1.61. The molecule has 1 aliphatic rings. The van der Waals surface area contributed by atoms with Gasteiger partial charge in [0.2, 0.25) is 11.8 Å². The van der Waals surface area contributed by atoms with Gasteiger partial charge in [0.15, 0.2) is 0 Å². The van der Waals surface area contributed by atoms with Crippen molar-refractivity contribution in [1.29, 1.82) is 0 Å². The van der Waals surface area contributed by atoms with Crippen LogP contribution in [0.15, 0.2) is 59.1 Å². The lowest BCUT2D eigenvalue weighted by Crippen LogP contribution is -2.23. The molecule has 0 unspecified atom stereocenters. The Bertz CT molecular complexity index is 784. The molecule has 2 aromatic carbocycles. The standard InChI is InChI=1S/C19H17BrN2O2/c20-15-4-1-3-14(13-15)6-11-18(23)21-16-7-9-17(10-8-16)22-12-2-5-19(22)24/h1,3-4,6-11,13H,2,5,12H2,(H,21,23)/b11-6+. The van der Waals surface area contributed by atoms with Gasteiger partial charge in [-0.1, -0.05) is 28.1 Å². The number of hydrogen-bond acceptors (Lipinski definition) is 2. The van der Waals surface area contributed by atoms with Gasteiger partial charge in [-0.05, 0) is 54.5 Å². The Morgan fingerprint density at radius 2 is 1.96 bits per heavy atom. The molecule has 1 fully saturated rings. The Morgan fingerprint density at radius 1 is 1.17 bits per heavy atom. The highest BCUT2D eigenvalue weighted by molar-refractivity contribution is 9.10. The van der Waals surface area contributed by atoms with Gasteiger partial charge < -0.3 is 10.2 Å². The average Bonchev–Trinajstić information content (AvgIpc) is 3.00. The molecule has 1 N–H and O–H groups in total. The van der Waals surface area contributed by atoms with E-state index in [1.807, 2.05) is 48.5 Å². The van der Waals surface area contributed by atoms with Gasteiger partial charge in [0.25, 0.3) is 0 Å². The van der Waals surface area contributed by atoms with Crippen molar-refractivity contribution < 1.29 is 9.59 Å². The predicted octanol–water partition coefficient (Wildman–Crippen LogP) is 4.23. The van der Waals surface area contributed by atoms with Crippen LogP contribution in [0.5, 0.6) is 0 Å². The smallest absolute Gasteiger partial charge is 0.248 e. The molecule has 122 valence electrons. The van der Waals surface area contributed by atoms with Crippen molar-refractivity contribution in [3.63, 3.8) is 0 Å². The van der Waals surface area contributed by atoms with E-state index in [9.17, 15) is 9.59 Å². The third kappa shape index (κ3) is 4.11. The van der Waals surface area contributed by atoms with Crippen LogP contribution in [0.3, 0.4) is 0 Å². The summed E-state index contributed by atoms with van der Waals surface area (Å²) in [4.78, 5) is 25.5. The summed E-state index contributed by atoms with van der Waals surface area (Å²) in [5, 5.41) is 2.81. The summed E-state index contributed by atoms with van der Waals surface area (Å²) in [6.07, 6.45) is 4.77. The van der Waals surface area contributed by atoms with Gasteiger partial charge in [-0.3, -0.25) is 9.59 Å². The van der Waals surface area contributed by atoms with Crippen molar-refractivity contribution in [2.24, 2.45) is 0 Å². The van der Waals surface area contributed by atoms with Gasteiger partial charge in [-0.2, -0.15) is 0 Å². The third-order valence-electron chi connectivity index (χ3n) is 3.80. The van der Waals surface area contributed by atoms with Gasteiger partial charge in [-0.15, -0.1) is 0 Å². The number of nitrogens with zero attached hydrogens (tertiary/aromatic N) is 1. The molecule has 1 saturated heterocycles. The zero-order valence-corrected chi connectivity index (χ0v) is 14.6. The number of nitrogens with one attached hydrogen (secondary N) is 1. The maximum Gasteiger partial charge on any atom is 0.248 e. The first-order chi connectivity index (χ1) is 11.6. The van der Waals surface area contributed by atoms with Crippen LogP contribution in [0.25, 0.3) is 6.08 Å². The number of anilines is 2. The van der Waals surface area contributed by atoms with Crippen molar-refractivity contribution in [2.45, 2.75) is 12.8 Å². The highest BCUT2D eigenvalue weighted by atomic mass is 79.9. The van der Waals surface area contributed by atoms with E-state index in [-0.39, 0.29) is 11.8 Å². The van der Waals surface area contributed by atoms with Crippen molar-refractivity contribution in [2.75, 3.05) is 16.8 Å². The van der Waals surface area contributed by atoms with E-state index in [0.717, 1.165) is 28.7 Å². The number of amides is 2. The zero-order chi connectivity index (χ0) is 16.9. The first-order valence-corrected chi connectivity index (χ1v) is 8.56. The highest BCUT2D eigenvalue weighted by Crippen LogP contribution is 2.23. The number of carbonyl (C=O) groups is 2. The fourth-order valence-electron chi connectivity index (χ4n) is 2.61. The van der Waals surface area contributed by atoms with E-state index >= 15 is 0 Å². The second-order valence-corrected chi connectivity index (χ2v) is 6.49. The summed E-state index contributed by atoms with van der Waals surface area (Å²) >= 11 is 3.40. The number of halogens is 1. The minimum absolute atomic E-state index is 0.156. The number of hydrogen-bond donors (Lipinski definition) is 1. The molecule has 0 radical (unpaired) electrons. The lowest BCUT2D eigenvalue weighted by Gasteiger charge is -2.15. The summed E-state index contributed by atoms with van der Waals surface area (Å²) < 4.78 is 0.970. The molecule has 1 aliphatic heterocycles. The van der Waals surface area contributed by atoms with Crippen LogP contribution >= 0.6 is 15.9 Å². The summed E-state index contributed by atoms with van der Waals surface area (Å²) in [5.74, 6) is -0.0382. The molecule has 5 heteroatoms. The monoisotopic (exact) mass is 384 g/mol. The molecule has 4 nitrogen and oxygen atoms in total. The van der Waals surface area contributed by atoms with Gasteiger partial charge >= 0.3 is 0 Å². The lowest BCUT2D eigenvalue weighted by molar-refractivity contribution is -0.117. The maximum atomic E-state index is 12.0. The molecule has 2 aromatic rings. The van der Waals surface area contributed by atoms with E-state index in [1.54, 1.807) is 11.0 Å². The van der Waals surface area contributed by atoms with Crippen molar-refractivity contribution in [1.82, 2.24) is 0 Å². The summed E-state index contributed by atoms with van der Waals surface area (Å²) in [6, 6.07) is 15.1. The molecule has 24 heavy (non-hydrogen) atoms. The van der Waals surface area contributed by atoms with Gasteiger partial charge in [0.1, 0.15) is 0 Å². The third-order valence-corrected chi connectivity index (χ3v) is 4.29. The van der Waals surface area contributed by atoms with E-state index in [4.69, 9.17) is 0 Å². The number of benzene rings is 2. The Kier molecular flexibility index (Phi) is 5.11. The van der Waals surface area contributed by atoms with E-state index < -0.39 is 0 Å². The SMILES string of the molecule is O=C(/C=C/c1cccc(Br)c1)Nc1ccc(N2CCCC2=O)cc1. The molecule has 0 aromatic heterocycles. The van der Waals surface area contributed by atoms with Crippen LogP contribution in [0.2, 0.25) is 0 Å². The Hall–Kier alpha value is -2.40. The van der Waals surface area contributed by atoms with Crippen LogP contribution < -0.4 is 10.2 Å². The molecule has 0 spiro atoms. The summed E-state index contributed by atoms with van der Waals surface area (Å²) in [6.45, 7) is 0.764. The number of carbonyl (C=O) groups excluding carboxylic acids is 2. The normalized spacial score (nSPS) is 14.4. The minimum atomic E-state index is -0.194. The van der Waals surface area contributed by atoms with E-state index in [1.165, 1.54) is 6.08 Å². The van der Waals surface area contributed by atoms with Crippen LogP contribution in [0.1, 0.15) is 18.4 Å². The second kappa shape index (κ2) is 7.45. The number of rotatable bonds is 4. The molecule has 0 bridgehead atoms. The minimum Gasteiger partial charge on any atom is -0.323 e. The molecule has 0 saturated carbocycles. The highest BCUT2D eigenvalue weighted by Gasteiger charge is 2.21. The van der Waals surface area contributed by atoms with Crippen molar-refractivity contribution in [3.8, 4) is 0 Å². The van der Waals surface area contributed by atoms with Crippen molar-refractivity contribution >= 4 is 45.2 Å². The zero-order valence-electron chi connectivity index (χ0n) is 13.0. The van der Waals surface area contributed by atoms with Crippen LogP contribution in [0, 0.1) is 0 Å². The van der Waals surface area contributed by atoms with Gasteiger partial charge in [0.05, 0.1) is 0 Å². The summed E-state index contributed by atoms with van der Waals surface area (Å²) in [5.41, 5.74) is 2.52. The fourth-order valence-corrected chi connectivity index (χ4v) is 3.03.